The number of nitrogens with zero attached hydrogens (tertiary/aromatic N) is 2. The molecule has 0 spiro atoms. The number of fused-ring (bicyclic) bond motifs is 1. The third-order valence-corrected chi connectivity index (χ3v) is 4.23. The molecule has 1 aromatic carbocycles. The lowest BCUT2D eigenvalue weighted by Gasteiger charge is -2.15. The highest BCUT2D eigenvalue weighted by atomic mass is 79.9. The van der Waals surface area contributed by atoms with Gasteiger partial charge in [-0.15, -0.1) is 0 Å². The smallest absolute Gasteiger partial charge is 0.150 e. The number of oxime groups is 1. The Kier molecular flexibility index (Phi) is 3.11. The Morgan fingerprint density at radius 1 is 1.35 bits per heavy atom. The summed E-state index contributed by atoms with van der Waals surface area (Å²) in [5, 5.41) is 4.75. The second-order valence-electron chi connectivity index (χ2n) is 4.48. The van der Waals surface area contributed by atoms with Gasteiger partial charge in [0.2, 0.25) is 0 Å². The van der Waals surface area contributed by atoms with Crippen LogP contribution in [0.2, 0.25) is 5.02 Å². The van der Waals surface area contributed by atoms with Crippen LogP contribution in [0.15, 0.2) is 29.4 Å². The van der Waals surface area contributed by atoms with E-state index in [-0.39, 0.29) is 6.10 Å². The average Bonchev–Trinajstić information content (AvgIpc) is 2.85. The number of hydrogen-bond acceptors (Lipinski definition) is 3. The van der Waals surface area contributed by atoms with Crippen LogP contribution < -0.4 is 0 Å². The minimum absolute atomic E-state index is 0.219. The summed E-state index contributed by atoms with van der Waals surface area (Å²) in [5.41, 5.74) is 1.28. The molecule has 5 heteroatoms. The monoisotopic (exact) mass is 314 g/mol. The predicted molar refractivity (Wildman–Crippen MR) is 71.5 cm³/mol. The molecule has 3 rings (SSSR count). The Balaban J connectivity index is 1.64. The summed E-state index contributed by atoms with van der Waals surface area (Å²) in [5.74, 6) is 0.405. The van der Waals surface area contributed by atoms with Crippen molar-refractivity contribution < 1.29 is 4.84 Å². The summed E-state index contributed by atoms with van der Waals surface area (Å²) < 4.78 is 0.945. The van der Waals surface area contributed by atoms with Gasteiger partial charge in [0.05, 0.1) is 5.92 Å². The molecule has 0 aliphatic carbocycles. The predicted octanol–water partition coefficient (Wildman–Crippen LogP) is 2.88. The number of likely N-dealkylation sites (tertiary alicyclic amines) is 1. The van der Waals surface area contributed by atoms with E-state index in [4.69, 9.17) is 16.4 Å². The second-order valence-corrected chi connectivity index (χ2v) is 5.73. The molecule has 0 amide bonds. The zero-order valence-electron chi connectivity index (χ0n) is 9.14. The standard InChI is InChI=1S/C12H12BrClN2O/c13-12-10-6-16(7-11(10)17-15-12)5-8-1-3-9(14)4-2-8/h1-4,10-11H,5-7H2/t10-,11?/m1/s1. The molecule has 1 unspecified atom stereocenters. The molecule has 1 saturated heterocycles. The summed E-state index contributed by atoms with van der Waals surface area (Å²) >= 11 is 9.32. The Morgan fingerprint density at radius 2 is 2.12 bits per heavy atom. The van der Waals surface area contributed by atoms with Crippen molar-refractivity contribution in [2.24, 2.45) is 11.1 Å². The Bertz CT molecular complexity index is 448. The summed E-state index contributed by atoms with van der Waals surface area (Å²) in [6.07, 6.45) is 0.219. The van der Waals surface area contributed by atoms with E-state index in [1.807, 2.05) is 12.1 Å². The van der Waals surface area contributed by atoms with Crippen molar-refractivity contribution in [1.29, 1.82) is 0 Å². The van der Waals surface area contributed by atoms with E-state index in [1.165, 1.54) is 5.56 Å². The van der Waals surface area contributed by atoms with E-state index >= 15 is 0 Å². The number of hydrogen-bond donors (Lipinski definition) is 0. The molecule has 2 aliphatic rings. The van der Waals surface area contributed by atoms with Gasteiger partial charge in [-0.1, -0.05) is 28.9 Å². The fraction of sp³-hybridized carbons (Fsp3) is 0.417. The number of rotatable bonds is 2. The van der Waals surface area contributed by atoms with Gasteiger partial charge in [0.1, 0.15) is 10.7 Å². The highest BCUT2D eigenvalue weighted by molar-refractivity contribution is 9.18. The lowest BCUT2D eigenvalue weighted by Crippen LogP contribution is -2.22. The highest BCUT2D eigenvalue weighted by Gasteiger charge is 2.41. The summed E-state index contributed by atoms with van der Waals surface area (Å²) in [7, 11) is 0. The molecule has 1 fully saturated rings. The first-order valence-corrected chi connectivity index (χ1v) is 6.75. The van der Waals surface area contributed by atoms with Gasteiger partial charge in [-0.05, 0) is 33.6 Å². The molecule has 2 atom stereocenters. The first-order valence-electron chi connectivity index (χ1n) is 5.58. The van der Waals surface area contributed by atoms with Gasteiger partial charge in [-0.2, -0.15) is 0 Å². The maximum Gasteiger partial charge on any atom is 0.150 e. The molecular formula is C12H12BrClN2O. The number of halogens is 2. The van der Waals surface area contributed by atoms with E-state index in [2.05, 4.69) is 38.1 Å². The minimum atomic E-state index is 0.219. The van der Waals surface area contributed by atoms with Crippen LogP contribution in [-0.4, -0.2) is 28.7 Å². The molecule has 0 radical (unpaired) electrons. The SMILES string of the molecule is Clc1ccc(CN2CC3ON=C(Br)[C@@H]3C2)cc1. The molecule has 0 bridgehead atoms. The van der Waals surface area contributed by atoms with Crippen LogP contribution in [0.5, 0.6) is 0 Å². The van der Waals surface area contributed by atoms with Gasteiger partial charge in [-0.3, -0.25) is 4.90 Å². The Labute approximate surface area is 114 Å². The lowest BCUT2D eigenvalue weighted by atomic mass is 10.1. The van der Waals surface area contributed by atoms with Gasteiger partial charge in [-0.25, -0.2) is 0 Å². The maximum absolute atomic E-state index is 5.87. The highest BCUT2D eigenvalue weighted by Crippen LogP contribution is 2.30. The Hall–Kier alpha value is -0.580. The normalized spacial score (nSPS) is 27.8. The second kappa shape index (κ2) is 4.59. The molecular weight excluding hydrogens is 304 g/mol. The first kappa shape index (κ1) is 11.5. The first-order chi connectivity index (χ1) is 8.22. The van der Waals surface area contributed by atoms with Crippen molar-refractivity contribution in [3.05, 3.63) is 34.9 Å². The van der Waals surface area contributed by atoms with Crippen LogP contribution in [0.1, 0.15) is 5.56 Å². The molecule has 17 heavy (non-hydrogen) atoms. The summed E-state index contributed by atoms with van der Waals surface area (Å²) in [6.45, 7) is 2.87. The fourth-order valence-electron chi connectivity index (χ4n) is 2.35. The zero-order valence-corrected chi connectivity index (χ0v) is 11.5. The third-order valence-electron chi connectivity index (χ3n) is 3.24. The number of benzene rings is 1. The van der Waals surface area contributed by atoms with E-state index in [0.29, 0.717) is 5.92 Å². The van der Waals surface area contributed by atoms with Crippen molar-refractivity contribution >= 4 is 32.2 Å². The van der Waals surface area contributed by atoms with E-state index in [0.717, 1.165) is 29.3 Å². The molecule has 2 aliphatic heterocycles. The van der Waals surface area contributed by atoms with E-state index in [1.54, 1.807) is 0 Å². The van der Waals surface area contributed by atoms with Gasteiger partial charge in [0.25, 0.3) is 0 Å². The zero-order chi connectivity index (χ0) is 11.8. The topological polar surface area (TPSA) is 24.8 Å². The quantitative estimate of drug-likeness (QED) is 0.838. The van der Waals surface area contributed by atoms with Crippen LogP contribution >= 0.6 is 27.5 Å². The van der Waals surface area contributed by atoms with Gasteiger partial charge in [0, 0.05) is 24.7 Å². The maximum atomic E-state index is 5.87. The third kappa shape index (κ3) is 2.34. The largest absolute Gasteiger partial charge is 0.390 e. The van der Waals surface area contributed by atoms with Gasteiger partial charge in [0.15, 0.2) is 0 Å². The fourth-order valence-corrected chi connectivity index (χ4v) is 3.00. The van der Waals surface area contributed by atoms with Crippen molar-refractivity contribution in [1.82, 2.24) is 4.90 Å². The average molecular weight is 316 g/mol. The molecule has 0 saturated carbocycles. The molecule has 0 aromatic heterocycles. The minimum Gasteiger partial charge on any atom is -0.390 e. The van der Waals surface area contributed by atoms with Crippen LogP contribution in [0.3, 0.4) is 0 Å². The summed E-state index contributed by atoms with van der Waals surface area (Å²) in [4.78, 5) is 7.74. The van der Waals surface area contributed by atoms with Crippen molar-refractivity contribution in [3.63, 3.8) is 0 Å². The van der Waals surface area contributed by atoms with Crippen LogP contribution in [0.25, 0.3) is 0 Å². The molecule has 90 valence electrons. The van der Waals surface area contributed by atoms with Gasteiger partial charge >= 0.3 is 0 Å². The Morgan fingerprint density at radius 3 is 2.82 bits per heavy atom. The molecule has 1 aromatic rings. The molecule has 0 N–H and O–H groups in total. The van der Waals surface area contributed by atoms with Crippen LogP contribution in [0, 0.1) is 5.92 Å². The van der Waals surface area contributed by atoms with Crippen LogP contribution in [0.4, 0.5) is 0 Å². The van der Waals surface area contributed by atoms with Crippen molar-refractivity contribution in [2.45, 2.75) is 12.6 Å². The summed E-state index contributed by atoms with van der Waals surface area (Å²) in [6, 6.07) is 8.00. The van der Waals surface area contributed by atoms with Gasteiger partial charge < -0.3 is 4.84 Å². The molecule has 2 heterocycles. The lowest BCUT2D eigenvalue weighted by molar-refractivity contribution is 0.0745. The van der Waals surface area contributed by atoms with Crippen molar-refractivity contribution in [3.8, 4) is 0 Å². The van der Waals surface area contributed by atoms with Crippen molar-refractivity contribution in [2.75, 3.05) is 13.1 Å². The van der Waals surface area contributed by atoms with E-state index in [9.17, 15) is 0 Å². The van der Waals surface area contributed by atoms with E-state index < -0.39 is 0 Å². The molecule has 3 nitrogen and oxygen atoms in total. The van der Waals surface area contributed by atoms with Crippen LogP contribution in [-0.2, 0) is 11.4 Å².